The predicted octanol–water partition coefficient (Wildman–Crippen LogP) is 3.38. The summed E-state index contributed by atoms with van der Waals surface area (Å²) in [6.45, 7) is 0. The van der Waals surface area contributed by atoms with Gasteiger partial charge in [0.15, 0.2) is 10.7 Å². The molecule has 0 aliphatic heterocycles. The van der Waals surface area contributed by atoms with Crippen LogP contribution in [0.1, 0.15) is 21.1 Å². The highest BCUT2D eigenvalue weighted by Gasteiger charge is 2.21. The van der Waals surface area contributed by atoms with Crippen molar-refractivity contribution in [1.82, 2.24) is 9.55 Å². The SMILES string of the molecule is N#Cc1csc(C(=O)c2cn(C(=O)O)c3ccc(Cl)cc23)n1. The van der Waals surface area contributed by atoms with Crippen molar-refractivity contribution in [2.75, 3.05) is 0 Å². The number of aromatic nitrogens is 2. The second-order valence-electron chi connectivity index (χ2n) is 4.34. The summed E-state index contributed by atoms with van der Waals surface area (Å²) in [5, 5.41) is 20.4. The molecule has 0 spiro atoms. The third-order valence-corrected chi connectivity index (χ3v) is 4.11. The fourth-order valence-electron chi connectivity index (χ4n) is 2.09. The number of rotatable bonds is 2. The summed E-state index contributed by atoms with van der Waals surface area (Å²) in [5.41, 5.74) is 0.685. The molecule has 2 heterocycles. The molecule has 6 nitrogen and oxygen atoms in total. The molecule has 0 saturated heterocycles. The highest BCUT2D eigenvalue weighted by molar-refractivity contribution is 7.12. The molecule has 1 aromatic carbocycles. The zero-order valence-corrected chi connectivity index (χ0v) is 12.4. The van der Waals surface area contributed by atoms with Crippen LogP contribution in [0.25, 0.3) is 10.9 Å². The number of carboxylic acid groups (broad SMARTS) is 1. The van der Waals surface area contributed by atoms with Crippen LogP contribution in [-0.4, -0.2) is 26.5 Å². The van der Waals surface area contributed by atoms with Crippen molar-refractivity contribution >= 4 is 45.7 Å². The van der Waals surface area contributed by atoms with Crippen molar-refractivity contribution in [3.63, 3.8) is 0 Å². The first-order chi connectivity index (χ1) is 10.5. The quantitative estimate of drug-likeness (QED) is 0.726. The number of nitriles is 1. The maximum absolute atomic E-state index is 12.5. The molecule has 0 aliphatic carbocycles. The summed E-state index contributed by atoms with van der Waals surface area (Å²) in [6, 6.07) is 6.46. The maximum atomic E-state index is 12.5. The molecule has 0 saturated carbocycles. The number of carbonyl (C=O) groups is 2. The molecule has 8 heteroatoms. The van der Waals surface area contributed by atoms with E-state index in [1.54, 1.807) is 6.07 Å². The highest BCUT2D eigenvalue weighted by Crippen LogP contribution is 2.27. The van der Waals surface area contributed by atoms with Crippen LogP contribution in [0.15, 0.2) is 29.8 Å². The Hall–Kier alpha value is -2.69. The molecule has 108 valence electrons. The molecular formula is C14H6ClN3O3S. The lowest BCUT2D eigenvalue weighted by Gasteiger charge is -1.97. The number of ketones is 1. The Kier molecular flexibility index (Phi) is 3.41. The summed E-state index contributed by atoms with van der Waals surface area (Å²) in [7, 11) is 0. The predicted molar refractivity (Wildman–Crippen MR) is 80.6 cm³/mol. The third-order valence-electron chi connectivity index (χ3n) is 3.03. The number of nitrogens with zero attached hydrogens (tertiary/aromatic N) is 3. The Morgan fingerprint density at radius 1 is 1.41 bits per heavy atom. The van der Waals surface area contributed by atoms with E-state index in [4.69, 9.17) is 16.9 Å². The molecule has 2 aromatic heterocycles. The van der Waals surface area contributed by atoms with Gasteiger partial charge in [0.25, 0.3) is 0 Å². The van der Waals surface area contributed by atoms with Gasteiger partial charge in [-0.15, -0.1) is 11.3 Å². The van der Waals surface area contributed by atoms with E-state index < -0.39 is 11.9 Å². The van der Waals surface area contributed by atoms with E-state index in [9.17, 15) is 14.7 Å². The van der Waals surface area contributed by atoms with Crippen LogP contribution in [0.5, 0.6) is 0 Å². The molecule has 0 bridgehead atoms. The fraction of sp³-hybridized carbons (Fsp3) is 0. The Morgan fingerprint density at radius 3 is 2.82 bits per heavy atom. The van der Waals surface area contributed by atoms with E-state index in [0.29, 0.717) is 15.9 Å². The van der Waals surface area contributed by atoms with Crippen molar-refractivity contribution in [1.29, 1.82) is 5.26 Å². The van der Waals surface area contributed by atoms with Crippen LogP contribution in [0.2, 0.25) is 5.02 Å². The highest BCUT2D eigenvalue weighted by atomic mass is 35.5. The van der Waals surface area contributed by atoms with Gasteiger partial charge in [-0.1, -0.05) is 11.6 Å². The van der Waals surface area contributed by atoms with Crippen LogP contribution in [0.3, 0.4) is 0 Å². The molecule has 3 aromatic rings. The smallest absolute Gasteiger partial charge is 0.416 e. The summed E-state index contributed by atoms with van der Waals surface area (Å²) >= 11 is 6.97. The van der Waals surface area contributed by atoms with Crippen molar-refractivity contribution in [2.24, 2.45) is 0 Å². The van der Waals surface area contributed by atoms with Crippen LogP contribution >= 0.6 is 22.9 Å². The standard InChI is InChI=1S/C14H6ClN3O3S/c15-7-1-2-11-9(3-7)10(5-18(11)14(20)21)12(19)13-17-8(4-16)6-22-13/h1-3,5-6H,(H,20,21). The molecule has 0 fully saturated rings. The second-order valence-corrected chi connectivity index (χ2v) is 5.63. The Bertz CT molecular complexity index is 968. The average molecular weight is 332 g/mol. The summed E-state index contributed by atoms with van der Waals surface area (Å²) in [5.74, 6) is -0.446. The summed E-state index contributed by atoms with van der Waals surface area (Å²) in [4.78, 5) is 27.7. The van der Waals surface area contributed by atoms with E-state index in [2.05, 4.69) is 4.98 Å². The summed E-state index contributed by atoms with van der Waals surface area (Å²) in [6.07, 6.45) is 0.0299. The molecule has 3 rings (SSSR count). The number of thiazole rings is 1. The van der Waals surface area contributed by atoms with E-state index >= 15 is 0 Å². The topological polar surface area (TPSA) is 96.0 Å². The van der Waals surface area contributed by atoms with Gasteiger partial charge in [-0.3, -0.25) is 9.36 Å². The molecule has 0 radical (unpaired) electrons. The van der Waals surface area contributed by atoms with E-state index in [-0.39, 0.29) is 16.3 Å². The maximum Gasteiger partial charge on any atom is 0.416 e. The minimum atomic E-state index is -1.21. The second kappa shape index (κ2) is 5.26. The molecule has 0 amide bonds. The lowest BCUT2D eigenvalue weighted by Crippen LogP contribution is -2.06. The molecule has 0 unspecified atom stereocenters. The number of halogens is 1. The minimum absolute atomic E-state index is 0.126. The van der Waals surface area contributed by atoms with Gasteiger partial charge in [0.05, 0.1) is 11.1 Å². The Morgan fingerprint density at radius 2 is 2.18 bits per heavy atom. The van der Waals surface area contributed by atoms with Gasteiger partial charge in [0.1, 0.15) is 6.07 Å². The van der Waals surface area contributed by atoms with Crippen LogP contribution < -0.4 is 0 Å². The number of hydrogen-bond donors (Lipinski definition) is 1. The number of hydrogen-bond acceptors (Lipinski definition) is 5. The molecule has 1 N–H and O–H groups in total. The average Bonchev–Trinajstić information content (AvgIpc) is 3.10. The minimum Gasteiger partial charge on any atom is -0.464 e. The van der Waals surface area contributed by atoms with Crippen molar-refractivity contribution in [2.45, 2.75) is 0 Å². The van der Waals surface area contributed by atoms with Gasteiger partial charge in [-0.2, -0.15) is 5.26 Å². The lowest BCUT2D eigenvalue weighted by atomic mass is 10.1. The first kappa shape index (κ1) is 14.3. The molecular weight excluding hydrogens is 326 g/mol. The van der Waals surface area contributed by atoms with Crippen molar-refractivity contribution in [3.05, 3.63) is 51.1 Å². The van der Waals surface area contributed by atoms with E-state index in [0.717, 1.165) is 15.9 Å². The monoisotopic (exact) mass is 331 g/mol. The van der Waals surface area contributed by atoms with Crippen LogP contribution in [-0.2, 0) is 0 Å². The van der Waals surface area contributed by atoms with Crippen molar-refractivity contribution < 1.29 is 14.7 Å². The Balaban J connectivity index is 2.22. The van der Waals surface area contributed by atoms with Gasteiger partial charge in [-0.25, -0.2) is 9.78 Å². The van der Waals surface area contributed by atoms with Gasteiger partial charge in [0.2, 0.25) is 5.78 Å². The first-order valence-corrected chi connectivity index (χ1v) is 7.21. The molecule has 0 atom stereocenters. The number of fused-ring (bicyclic) bond motifs is 1. The number of benzene rings is 1. The molecule has 22 heavy (non-hydrogen) atoms. The van der Waals surface area contributed by atoms with Crippen LogP contribution in [0, 0.1) is 11.3 Å². The third kappa shape index (κ3) is 2.24. The van der Waals surface area contributed by atoms with Gasteiger partial charge < -0.3 is 5.11 Å². The first-order valence-electron chi connectivity index (χ1n) is 5.95. The van der Waals surface area contributed by atoms with Gasteiger partial charge >= 0.3 is 6.09 Å². The summed E-state index contributed by atoms with van der Waals surface area (Å²) < 4.78 is 0.956. The molecule has 0 aliphatic rings. The fourth-order valence-corrected chi connectivity index (χ4v) is 2.95. The largest absolute Gasteiger partial charge is 0.464 e. The van der Waals surface area contributed by atoms with Crippen LogP contribution in [0.4, 0.5) is 4.79 Å². The lowest BCUT2D eigenvalue weighted by molar-refractivity contribution is 0.104. The van der Waals surface area contributed by atoms with Gasteiger partial charge in [0, 0.05) is 22.0 Å². The zero-order valence-electron chi connectivity index (χ0n) is 10.8. The van der Waals surface area contributed by atoms with E-state index in [1.807, 2.05) is 6.07 Å². The number of carbonyl (C=O) groups excluding carboxylic acids is 1. The normalized spacial score (nSPS) is 10.5. The Labute approximate surface area is 132 Å². The van der Waals surface area contributed by atoms with Gasteiger partial charge in [-0.05, 0) is 18.2 Å². The zero-order chi connectivity index (χ0) is 15.9. The van der Waals surface area contributed by atoms with E-state index in [1.165, 1.54) is 23.7 Å². The van der Waals surface area contributed by atoms with Crippen molar-refractivity contribution in [3.8, 4) is 6.07 Å².